The first-order chi connectivity index (χ1) is 18.4. The van der Waals surface area contributed by atoms with Gasteiger partial charge in [-0.15, -0.1) is 0 Å². The van der Waals surface area contributed by atoms with Crippen LogP contribution in [0, 0.1) is 11.8 Å². The fourth-order valence-corrected chi connectivity index (χ4v) is 6.08. The van der Waals surface area contributed by atoms with E-state index >= 15 is 0 Å². The Bertz CT molecular complexity index is 992. The highest BCUT2D eigenvalue weighted by molar-refractivity contribution is 7.97. The van der Waals surface area contributed by atoms with Crippen LogP contribution in [0.25, 0.3) is 0 Å². The molecule has 0 radical (unpaired) electrons. The first-order valence-electron chi connectivity index (χ1n) is 13.4. The lowest BCUT2D eigenvalue weighted by Gasteiger charge is -2.33. The summed E-state index contributed by atoms with van der Waals surface area (Å²) in [4.78, 5) is 14.1. The van der Waals surface area contributed by atoms with Crippen molar-refractivity contribution in [1.29, 1.82) is 0 Å². The second-order valence-corrected chi connectivity index (χ2v) is 11.5. The number of benzene rings is 2. The molecule has 208 valence electrons. The first-order valence-corrected chi connectivity index (χ1v) is 14.2. The number of nitrogens with one attached hydrogen (secondary N) is 1. The molecule has 2 fully saturated rings. The van der Waals surface area contributed by atoms with Gasteiger partial charge in [0.2, 0.25) is 0 Å². The van der Waals surface area contributed by atoms with Gasteiger partial charge in [-0.1, -0.05) is 44.2 Å². The van der Waals surface area contributed by atoms with Gasteiger partial charge in [0, 0.05) is 30.3 Å². The van der Waals surface area contributed by atoms with Gasteiger partial charge in [-0.2, -0.15) is 0 Å². The van der Waals surface area contributed by atoms with Gasteiger partial charge in [0.15, 0.2) is 6.29 Å². The van der Waals surface area contributed by atoms with Crippen molar-refractivity contribution in [3.63, 3.8) is 0 Å². The fraction of sp³-hybridized carbons (Fsp3) is 0.552. The number of hydrogen-bond acceptors (Lipinski definition) is 8. The van der Waals surface area contributed by atoms with Crippen molar-refractivity contribution in [1.82, 2.24) is 9.62 Å². The number of methoxy groups -OCH3 is 1. The molecule has 2 aromatic carbocycles. The second-order valence-electron chi connectivity index (χ2n) is 10.3. The van der Waals surface area contributed by atoms with Crippen molar-refractivity contribution in [2.24, 2.45) is 11.8 Å². The monoisotopic (exact) mass is 544 g/mol. The van der Waals surface area contributed by atoms with Crippen LogP contribution in [0.5, 0.6) is 5.75 Å². The van der Waals surface area contributed by atoms with Crippen molar-refractivity contribution in [3.05, 3.63) is 60.2 Å². The molecule has 2 aliphatic heterocycles. The maximum absolute atomic E-state index is 13.1. The minimum absolute atomic E-state index is 0.0504. The highest BCUT2D eigenvalue weighted by atomic mass is 32.2. The van der Waals surface area contributed by atoms with E-state index in [1.54, 1.807) is 19.1 Å². The Labute approximate surface area is 230 Å². The van der Waals surface area contributed by atoms with Crippen molar-refractivity contribution < 1.29 is 28.8 Å². The van der Waals surface area contributed by atoms with Crippen LogP contribution in [0.2, 0.25) is 0 Å². The van der Waals surface area contributed by atoms with Crippen LogP contribution in [0.15, 0.2) is 59.5 Å². The molecule has 1 amide bonds. The molecule has 2 aliphatic rings. The molecular weight excluding hydrogens is 504 g/mol. The molecule has 2 heterocycles. The second kappa shape index (κ2) is 14.2. The summed E-state index contributed by atoms with van der Waals surface area (Å²) >= 11 is 1.59. The molecule has 38 heavy (non-hydrogen) atoms. The number of hydrogen-bond donors (Lipinski definition) is 2. The van der Waals surface area contributed by atoms with Gasteiger partial charge in [-0.25, -0.2) is 9.10 Å². The molecule has 2 aromatic rings. The fourth-order valence-electron chi connectivity index (χ4n) is 4.93. The number of rotatable bonds is 12. The number of alkyl carbamates (subject to hydrolysis) is 1. The van der Waals surface area contributed by atoms with Gasteiger partial charge in [0.1, 0.15) is 11.9 Å². The number of amides is 1. The first kappa shape index (κ1) is 28.7. The van der Waals surface area contributed by atoms with Crippen LogP contribution >= 0.6 is 11.9 Å². The average Bonchev–Trinajstić information content (AvgIpc) is 3.39. The lowest BCUT2D eigenvalue weighted by Crippen LogP contribution is -2.50. The highest BCUT2D eigenvalue weighted by Crippen LogP contribution is 2.32. The Morgan fingerprint density at radius 2 is 1.79 bits per heavy atom. The van der Waals surface area contributed by atoms with E-state index in [0.29, 0.717) is 38.5 Å². The highest BCUT2D eigenvalue weighted by Gasteiger charge is 2.41. The Kier molecular flexibility index (Phi) is 10.7. The number of fused-ring (bicyclic) bond motifs is 1. The van der Waals surface area contributed by atoms with Gasteiger partial charge >= 0.3 is 6.09 Å². The third kappa shape index (κ3) is 8.35. The molecule has 9 heteroatoms. The van der Waals surface area contributed by atoms with Crippen molar-refractivity contribution in [2.75, 3.05) is 33.4 Å². The van der Waals surface area contributed by atoms with Gasteiger partial charge in [0.25, 0.3) is 0 Å². The third-order valence-corrected chi connectivity index (χ3v) is 7.86. The SMILES string of the molecule is COc1ccc(SN(CC(C)C)CC(O)C(Cc2ccccc2)NC(=O)OC2CCOC3OCCC23)cc1. The number of ether oxygens (including phenoxy) is 4. The number of carbonyl (C=O) groups is 1. The zero-order chi connectivity index (χ0) is 26.9. The maximum Gasteiger partial charge on any atom is 0.407 e. The minimum Gasteiger partial charge on any atom is -0.497 e. The molecule has 0 bridgehead atoms. The molecule has 2 saturated heterocycles. The predicted molar refractivity (Wildman–Crippen MR) is 147 cm³/mol. The molecule has 4 rings (SSSR count). The number of carbonyl (C=O) groups excluding carboxylic acids is 1. The lowest BCUT2D eigenvalue weighted by molar-refractivity contribution is -0.179. The lowest BCUT2D eigenvalue weighted by atomic mass is 9.95. The summed E-state index contributed by atoms with van der Waals surface area (Å²) in [5, 5.41) is 14.4. The zero-order valence-corrected chi connectivity index (χ0v) is 23.3. The minimum atomic E-state index is -0.815. The quantitative estimate of drug-likeness (QED) is 0.378. The largest absolute Gasteiger partial charge is 0.497 e. The van der Waals surface area contributed by atoms with Crippen LogP contribution in [0.1, 0.15) is 32.3 Å². The van der Waals surface area contributed by atoms with E-state index in [2.05, 4.69) is 23.5 Å². The molecule has 8 nitrogen and oxygen atoms in total. The summed E-state index contributed by atoms with van der Waals surface area (Å²) in [6.07, 6.45) is 0.0598. The normalized spacial score (nSPS) is 22.6. The Morgan fingerprint density at radius 3 is 2.47 bits per heavy atom. The molecule has 5 atom stereocenters. The van der Waals surface area contributed by atoms with Crippen LogP contribution < -0.4 is 10.1 Å². The van der Waals surface area contributed by atoms with Crippen LogP contribution in [0.4, 0.5) is 4.79 Å². The van der Waals surface area contributed by atoms with Gasteiger partial charge in [-0.05, 0) is 60.5 Å². The van der Waals surface area contributed by atoms with Crippen LogP contribution in [-0.4, -0.2) is 73.5 Å². The molecular formula is C29H40N2O6S. The summed E-state index contributed by atoms with van der Waals surface area (Å²) in [7, 11) is 1.65. The Balaban J connectivity index is 1.43. The van der Waals surface area contributed by atoms with Crippen LogP contribution in [0.3, 0.4) is 0 Å². The van der Waals surface area contributed by atoms with E-state index in [9.17, 15) is 9.90 Å². The van der Waals surface area contributed by atoms with E-state index in [1.807, 2.05) is 54.6 Å². The van der Waals surface area contributed by atoms with E-state index in [4.69, 9.17) is 18.9 Å². The van der Waals surface area contributed by atoms with E-state index in [-0.39, 0.29) is 18.3 Å². The molecule has 0 aromatic heterocycles. The Hall–Kier alpha value is -2.30. The van der Waals surface area contributed by atoms with Gasteiger partial charge < -0.3 is 29.4 Å². The summed E-state index contributed by atoms with van der Waals surface area (Å²) < 4.78 is 24.6. The van der Waals surface area contributed by atoms with E-state index in [0.717, 1.165) is 29.2 Å². The number of aliphatic hydroxyl groups is 1. The van der Waals surface area contributed by atoms with Crippen molar-refractivity contribution in [2.45, 2.75) is 62.5 Å². The van der Waals surface area contributed by atoms with E-state index in [1.165, 1.54) is 0 Å². The van der Waals surface area contributed by atoms with Gasteiger partial charge in [-0.3, -0.25) is 0 Å². The number of nitrogens with zero attached hydrogens (tertiary/aromatic N) is 1. The van der Waals surface area contributed by atoms with Crippen molar-refractivity contribution in [3.8, 4) is 5.75 Å². The third-order valence-electron chi connectivity index (χ3n) is 6.82. The van der Waals surface area contributed by atoms with Crippen molar-refractivity contribution >= 4 is 18.0 Å². The van der Waals surface area contributed by atoms with Gasteiger partial charge in [0.05, 0.1) is 32.5 Å². The summed E-state index contributed by atoms with van der Waals surface area (Å²) in [5.41, 5.74) is 1.03. The predicted octanol–water partition coefficient (Wildman–Crippen LogP) is 4.51. The summed E-state index contributed by atoms with van der Waals surface area (Å²) in [6, 6.07) is 17.2. The molecule has 2 N–H and O–H groups in total. The molecule has 0 saturated carbocycles. The number of aliphatic hydroxyl groups excluding tert-OH is 1. The molecule has 5 unspecified atom stereocenters. The smallest absolute Gasteiger partial charge is 0.407 e. The summed E-state index contributed by atoms with van der Waals surface area (Å²) in [5.74, 6) is 1.25. The summed E-state index contributed by atoms with van der Waals surface area (Å²) in [6.45, 7) is 6.58. The average molecular weight is 545 g/mol. The zero-order valence-electron chi connectivity index (χ0n) is 22.5. The standard InChI is InChI=1S/C29H40N2O6S/c1-20(2)18-31(38-23-11-9-22(34-3)10-12-23)19-26(32)25(17-21-7-5-4-6-8-21)30-29(33)37-27-14-16-36-28-24(27)13-15-35-28/h4-12,20,24-28,32H,13-19H2,1-3H3,(H,30,33). The molecule has 0 spiro atoms. The Morgan fingerprint density at radius 1 is 1.08 bits per heavy atom. The van der Waals surface area contributed by atoms with Crippen LogP contribution in [-0.2, 0) is 20.6 Å². The maximum atomic E-state index is 13.1. The topological polar surface area (TPSA) is 89.5 Å². The van der Waals surface area contributed by atoms with E-state index < -0.39 is 18.2 Å². The molecule has 0 aliphatic carbocycles.